The van der Waals surface area contributed by atoms with Crippen molar-refractivity contribution >= 4 is 39.5 Å². The molecule has 0 atom stereocenters. The minimum Gasteiger partial charge on any atom is -0.520 e. The lowest BCUT2D eigenvalue weighted by Gasteiger charge is -2.38. The van der Waals surface area contributed by atoms with Gasteiger partial charge in [-0.05, 0) is 77.9 Å². The highest BCUT2D eigenvalue weighted by atomic mass is 28.5. The molecular weight excluding hydrogens is 344 g/mol. The Morgan fingerprint density at radius 2 is 1.14 bits per heavy atom. The molecular formula is C14H36O4Si4. The highest BCUT2D eigenvalue weighted by Crippen LogP contribution is 2.26. The van der Waals surface area contributed by atoms with Crippen LogP contribution in [0.5, 0.6) is 0 Å². The van der Waals surface area contributed by atoms with E-state index in [4.69, 9.17) is 12.7 Å². The Balaban J connectivity index is 4.63. The van der Waals surface area contributed by atoms with Crippen molar-refractivity contribution in [2.75, 3.05) is 0 Å². The summed E-state index contributed by atoms with van der Waals surface area (Å²) in [5.41, 5.74) is 0. The second-order valence-electron chi connectivity index (χ2n) is 9.00. The molecule has 0 aromatic carbocycles. The molecule has 4 nitrogen and oxygen atoms in total. The van der Waals surface area contributed by atoms with Crippen LogP contribution in [0.4, 0.5) is 0 Å². The standard InChI is InChI=1S/C14H36O4Si4/c1-19(2,3)16-14(15)12-11-13-22(10,17-20(4,5)6)18-21(7,8)9/h11-13H2,1-10H3. The van der Waals surface area contributed by atoms with Crippen molar-refractivity contribution < 1.29 is 17.5 Å². The maximum absolute atomic E-state index is 11.9. The summed E-state index contributed by atoms with van der Waals surface area (Å²) in [6, 6.07) is 0.863. The van der Waals surface area contributed by atoms with Crippen molar-refractivity contribution in [3.8, 4) is 0 Å². The van der Waals surface area contributed by atoms with E-state index < -0.39 is 33.5 Å². The molecule has 132 valence electrons. The van der Waals surface area contributed by atoms with Gasteiger partial charge in [0.15, 0.2) is 16.6 Å². The monoisotopic (exact) mass is 380 g/mol. The van der Waals surface area contributed by atoms with E-state index in [1.54, 1.807) is 0 Å². The van der Waals surface area contributed by atoms with Crippen LogP contribution in [0.2, 0.25) is 71.5 Å². The van der Waals surface area contributed by atoms with E-state index in [0.29, 0.717) is 6.42 Å². The normalized spacial score (nSPS) is 14.1. The fourth-order valence-corrected chi connectivity index (χ4v) is 15.7. The topological polar surface area (TPSA) is 44.8 Å². The van der Waals surface area contributed by atoms with Gasteiger partial charge in [-0.15, -0.1) is 0 Å². The third-order valence-corrected chi connectivity index (χ3v) is 12.9. The van der Waals surface area contributed by atoms with E-state index >= 15 is 0 Å². The Morgan fingerprint density at radius 3 is 1.45 bits per heavy atom. The molecule has 8 heteroatoms. The van der Waals surface area contributed by atoms with Gasteiger partial charge in [-0.25, -0.2) is 0 Å². The fourth-order valence-electron chi connectivity index (χ4n) is 2.36. The van der Waals surface area contributed by atoms with E-state index in [0.717, 1.165) is 12.5 Å². The van der Waals surface area contributed by atoms with E-state index in [1.807, 2.05) is 19.6 Å². The van der Waals surface area contributed by atoms with Gasteiger partial charge >= 0.3 is 8.56 Å². The van der Waals surface area contributed by atoms with Crippen molar-refractivity contribution in [2.45, 2.75) is 84.4 Å². The van der Waals surface area contributed by atoms with Gasteiger partial charge in [-0.1, -0.05) is 0 Å². The molecule has 0 spiro atoms. The lowest BCUT2D eigenvalue weighted by atomic mass is 10.3. The van der Waals surface area contributed by atoms with Gasteiger partial charge in [0.05, 0.1) is 0 Å². The van der Waals surface area contributed by atoms with Gasteiger partial charge in [0, 0.05) is 6.42 Å². The van der Waals surface area contributed by atoms with Crippen molar-refractivity contribution in [2.24, 2.45) is 0 Å². The summed E-state index contributed by atoms with van der Waals surface area (Å²) in [6.07, 6.45) is 1.26. The Labute approximate surface area is 141 Å². The Kier molecular flexibility index (Phi) is 7.98. The molecule has 0 aliphatic rings. The molecule has 0 saturated carbocycles. The van der Waals surface area contributed by atoms with Gasteiger partial charge < -0.3 is 12.7 Å². The van der Waals surface area contributed by atoms with Crippen LogP contribution in [0, 0.1) is 0 Å². The first-order valence-corrected chi connectivity index (χ1v) is 20.9. The molecule has 0 fully saturated rings. The average Bonchev–Trinajstić information content (AvgIpc) is 2.05. The van der Waals surface area contributed by atoms with Crippen molar-refractivity contribution in [3.05, 3.63) is 0 Å². The predicted molar refractivity (Wildman–Crippen MR) is 104 cm³/mol. The first-order chi connectivity index (χ1) is 9.52. The smallest absolute Gasteiger partial charge is 0.314 e. The molecule has 0 aromatic rings. The second-order valence-corrected chi connectivity index (χ2v) is 26.3. The van der Waals surface area contributed by atoms with E-state index in [1.165, 1.54) is 0 Å². The Hall–Kier alpha value is 0.258. The first-order valence-electron chi connectivity index (χ1n) is 8.14. The molecule has 0 bridgehead atoms. The summed E-state index contributed by atoms with van der Waals surface area (Å²) in [6.45, 7) is 21.5. The molecule has 0 amide bonds. The zero-order valence-corrected chi connectivity index (χ0v) is 20.3. The van der Waals surface area contributed by atoms with Gasteiger partial charge in [-0.2, -0.15) is 0 Å². The maximum atomic E-state index is 11.9. The van der Waals surface area contributed by atoms with Crippen LogP contribution in [0.3, 0.4) is 0 Å². The molecule has 0 saturated heterocycles. The summed E-state index contributed by atoms with van der Waals surface area (Å²) in [5, 5.41) is 0. The van der Waals surface area contributed by atoms with Crippen LogP contribution >= 0.6 is 0 Å². The Bertz CT molecular complexity index is 351. The summed E-state index contributed by atoms with van der Waals surface area (Å²) in [7, 11) is -7.31. The minimum absolute atomic E-state index is 0.0727. The van der Waals surface area contributed by atoms with Crippen molar-refractivity contribution in [3.63, 3.8) is 0 Å². The number of carbonyl (C=O) groups excluding carboxylic acids is 1. The Morgan fingerprint density at radius 1 is 0.727 bits per heavy atom. The molecule has 0 radical (unpaired) electrons. The summed E-state index contributed by atoms with van der Waals surface area (Å²) in [4.78, 5) is 11.9. The quantitative estimate of drug-likeness (QED) is 0.532. The molecule has 0 aliphatic heterocycles. The lowest BCUT2D eigenvalue weighted by molar-refractivity contribution is -0.135. The van der Waals surface area contributed by atoms with E-state index in [-0.39, 0.29) is 5.97 Å². The molecule has 22 heavy (non-hydrogen) atoms. The zero-order valence-electron chi connectivity index (χ0n) is 16.3. The highest BCUT2D eigenvalue weighted by molar-refractivity contribution is 6.87. The van der Waals surface area contributed by atoms with E-state index in [2.05, 4.69) is 45.8 Å². The second kappa shape index (κ2) is 7.89. The zero-order chi connectivity index (χ0) is 17.8. The van der Waals surface area contributed by atoms with Crippen LogP contribution < -0.4 is 0 Å². The van der Waals surface area contributed by atoms with Crippen LogP contribution in [0.25, 0.3) is 0 Å². The molecule has 0 N–H and O–H groups in total. The van der Waals surface area contributed by atoms with Crippen LogP contribution in [0.15, 0.2) is 0 Å². The number of hydrogen-bond donors (Lipinski definition) is 0. The highest BCUT2D eigenvalue weighted by Gasteiger charge is 2.39. The van der Waals surface area contributed by atoms with Crippen molar-refractivity contribution in [1.82, 2.24) is 0 Å². The van der Waals surface area contributed by atoms with Gasteiger partial charge in [0.25, 0.3) is 5.97 Å². The average molecular weight is 381 g/mol. The SMILES string of the molecule is C[Si](C)(C)OC(=O)CCC[Si](C)(O[Si](C)(C)C)O[Si](C)(C)C. The summed E-state index contributed by atoms with van der Waals surface area (Å²) in [5.74, 6) is -0.0727. The minimum atomic E-state index is -2.22. The maximum Gasteiger partial charge on any atom is 0.314 e. The van der Waals surface area contributed by atoms with Crippen LogP contribution in [-0.2, 0) is 17.5 Å². The lowest BCUT2D eigenvalue weighted by Crippen LogP contribution is -2.52. The molecule has 0 aromatic heterocycles. The number of carbonyl (C=O) groups is 1. The third-order valence-electron chi connectivity index (χ3n) is 2.48. The van der Waals surface area contributed by atoms with Crippen LogP contribution in [-0.4, -0.2) is 39.5 Å². The predicted octanol–water partition coefficient (Wildman–Crippen LogP) is 4.92. The molecule has 0 heterocycles. The van der Waals surface area contributed by atoms with Gasteiger partial charge in [-0.3, -0.25) is 4.79 Å². The van der Waals surface area contributed by atoms with Crippen LogP contribution in [0.1, 0.15) is 12.8 Å². The number of rotatable bonds is 9. The van der Waals surface area contributed by atoms with E-state index in [9.17, 15) is 4.79 Å². The van der Waals surface area contributed by atoms with Crippen molar-refractivity contribution in [1.29, 1.82) is 0 Å². The molecule has 0 unspecified atom stereocenters. The third kappa shape index (κ3) is 12.8. The molecule has 0 rings (SSSR count). The fraction of sp³-hybridized carbons (Fsp3) is 0.929. The van der Waals surface area contributed by atoms with Gasteiger partial charge in [0.2, 0.25) is 8.32 Å². The molecule has 0 aliphatic carbocycles. The number of hydrogen-bond acceptors (Lipinski definition) is 4. The largest absolute Gasteiger partial charge is 0.520 e. The first kappa shape index (κ1) is 22.3. The summed E-state index contributed by atoms with van der Waals surface area (Å²) >= 11 is 0. The summed E-state index contributed by atoms with van der Waals surface area (Å²) < 4.78 is 18.4. The van der Waals surface area contributed by atoms with Gasteiger partial charge in [0.1, 0.15) is 0 Å².